The van der Waals surface area contributed by atoms with Gasteiger partial charge in [-0.15, -0.1) is 10.2 Å². The molecule has 5 nitrogen and oxygen atoms in total. The fraction of sp³-hybridized carbons (Fsp3) is 0.200. The number of halogens is 1. The maximum Gasteiger partial charge on any atom is 0.221 e. The van der Waals surface area contributed by atoms with Gasteiger partial charge >= 0.3 is 0 Å². The summed E-state index contributed by atoms with van der Waals surface area (Å²) >= 11 is 4.74. The molecule has 0 aliphatic carbocycles. The van der Waals surface area contributed by atoms with E-state index in [0.29, 0.717) is 11.7 Å². The van der Waals surface area contributed by atoms with Gasteiger partial charge in [0, 0.05) is 10.2 Å². The number of nitriles is 1. The zero-order valence-corrected chi connectivity index (χ0v) is 11.4. The van der Waals surface area contributed by atoms with Crippen LogP contribution in [0.15, 0.2) is 22.1 Å². The van der Waals surface area contributed by atoms with Gasteiger partial charge in [0.25, 0.3) is 0 Å². The first-order valence-electron chi connectivity index (χ1n) is 4.76. The SMILES string of the molecule is Cc1ccc(Br)c(CN(C#N)c2nncs2)n1. The third-order valence-corrected chi connectivity index (χ3v) is 3.50. The molecule has 0 radical (unpaired) electrons. The summed E-state index contributed by atoms with van der Waals surface area (Å²) in [4.78, 5) is 5.85. The highest BCUT2D eigenvalue weighted by molar-refractivity contribution is 9.10. The number of anilines is 1. The molecule has 86 valence electrons. The molecule has 0 bridgehead atoms. The predicted octanol–water partition coefficient (Wildman–Crippen LogP) is 2.49. The van der Waals surface area contributed by atoms with Crippen LogP contribution in [0.3, 0.4) is 0 Å². The number of hydrogen-bond donors (Lipinski definition) is 0. The van der Waals surface area contributed by atoms with E-state index in [0.717, 1.165) is 15.9 Å². The molecule has 0 spiro atoms. The summed E-state index contributed by atoms with van der Waals surface area (Å²) < 4.78 is 0.882. The maximum atomic E-state index is 9.09. The van der Waals surface area contributed by atoms with E-state index in [4.69, 9.17) is 5.26 Å². The first-order valence-corrected chi connectivity index (χ1v) is 6.43. The Kier molecular flexibility index (Phi) is 3.66. The standard InChI is InChI=1S/C10H8BrN5S/c1-7-2-3-8(11)9(14-7)4-16(5-12)10-15-13-6-17-10/h2-3,6H,4H2,1H3. The number of hydrogen-bond acceptors (Lipinski definition) is 6. The van der Waals surface area contributed by atoms with Crippen LogP contribution in [0.5, 0.6) is 0 Å². The molecule has 7 heteroatoms. The largest absolute Gasteiger partial charge is 0.255 e. The normalized spacial score (nSPS) is 9.94. The summed E-state index contributed by atoms with van der Waals surface area (Å²) in [7, 11) is 0. The zero-order valence-electron chi connectivity index (χ0n) is 8.96. The zero-order chi connectivity index (χ0) is 12.3. The topological polar surface area (TPSA) is 65.7 Å². The summed E-state index contributed by atoms with van der Waals surface area (Å²) in [5.41, 5.74) is 3.32. The fourth-order valence-electron chi connectivity index (χ4n) is 1.28. The molecule has 0 saturated heterocycles. The molecule has 0 aliphatic rings. The Morgan fingerprint density at radius 2 is 2.35 bits per heavy atom. The minimum atomic E-state index is 0.383. The monoisotopic (exact) mass is 309 g/mol. The number of aromatic nitrogens is 3. The van der Waals surface area contributed by atoms with E-state index in [1.54, 1.807) is 5.51 Å². The van der Waals surface area contributed by atoms with Crippen LogP contribution >= 0.6 is 27.3 Å². The molecule has 0 aromatic carbocycles. The minimum absolute atomic E-state index is 0.383. The van der Waals surface area contributed by atoms with Crippen molar-refractivity contribution in [1.29, 1.82) is 5.26 Å². The Morgan fingerprint density at radius 3 is 3.00 bits per heavy atom. The van der Waals surface area contributed by atoms with Crippen molar-refractivity contribution < 1.29 is 0 Å². The first kappa shape index (κ1) is 12.0. The van der Waals surface area contributed by atoms with E-state index in [1.807, 2.05) is 19.1 Å². The number of aryl methyl sites for hydroxylation is 1. The highest BCUT2D eigenvalue weighted by Crippen LogP contribution is 2.21. The molecule has 0 fully saturated rings. The number of rotatable bonds is 3. The number of pyridine rings is 1. The van der Waals surface area contributed by atoms with Crippen molar-refractivity contribution >= 4 is 32.4 Å². The van der Waals surface area contributed by atoms with Crippen molar-refractivity contribution in [2.45, 2.75) is 13.5 Å². The van der Waals surface area contributed by atoms with Crippen LogP contribution in [0, 0.1) is 18.4 Å². The number of nitrogens with zero attached hydrogens (tertiary/aromatic N) is 5. The molecule has 2 aromatic rings. The van der Waals surface area contributed by atoms with Crippen LogP contribution in [0.4, 0.5) is 5.13 Å². The first-order chi connectivity index (χ1) is 8.20. The van der Waals surface area contributed by atoms with Gasteiger partial charge in [0.15, 0.2) is 6.19 Å². The van der Waals surface area contributed by atoms with Crippen molar-refractivity contribution in [3.8, 4) is 6.19 Å². The Labute approximate surface area is 111 Å². The Balaban J connectivity index is 2.25. The predicted molar refractivity (Wildman–Crippen MR) is 68.4 cm³/mol. The molecule has 2 rings (SSSR count). The van der Waals surface area contributed by atoms with Crippen molar-refractivity contribution in [2.24, 2.45) is 0 Å². The lowest BCUT2D eigenvalue weighted by Crippen LogP contribution is -2.17. The third kappa shape index (κ3) is 2.78. The van der Waals surface area contributed by atoms with Gasteiger partial charge in [0.05, 0.1) is 12.2 Å². The molecule has 0 amide bonds. The van der Waals surface area contributed by atoms with Gasteiger partial charge in [-0.1, -0.05) is 11.3 Å². The van der Waals surface area contributed by atoms with Gasteiger partial charge in [-0.2, -0.15) is 5.26 Å². The van der Waals surface area contributed by atoms with Gasteiger partial charge < -0.3 is 0 Å². The van der Waals surface area contributed by atoms with Crippen LogP contribution in [0.25, 0.3) is 0 Å². The lowest BCUT2D eigenvalue weighted by Gasteiger charge is -2.12. The molecule has 0 atom stereocenters. The summed E-state index contributed by atoms with van der Waals surface area (Å²) in [5, 5.41) is 17.2. The smallest absolute Gasteiger partial charge is 0.221 e. The van der Waals surface area contributed by atoms with Crippen molar-refractivity contribution in [3.05, 3.63) is 33.5 Å². The second kappa shape index (κ2) is 5.21. The minimum Gasteiger partial charge on any atom is -0.255 e. The summed E-state index contributed by atoms with van der Waals surface area (Å²) in [6.45, 7) is 2.30. The molecule has 17 heavy (non-hydrogen) atoms. The van der Waals surface area contributed by atoms with Crippen LogP contribution in [-0.2, 0) is 6.54 Å². The lowest BCUT2D eigenvalue weighted by molar-refractivity contribution is 0.890. The Bertz CT molecular complexity index is 548. The van der Waals surface area contributed by atoms with Crippen LogP contribution in [-0.4, -0.2) is 15.2 Å². The Hall–Kier alpha value is -1.52. The molecule has 0 saturated carbocycles. The third-order valence-electron chi connectivity index (χ3n) is 2.07. The Morgan fingerprint density at radius 1 is 1.53 bits per heavy atom. The maximum absolute atomic E-state index is 9.09. The van der Waals surface area contributed by atoms with Crippen LogP contribution in [0.2, 0.25) is 0 Å². The van der Waals surface area contributed by atoms with E-state index < -0.39 is 0 Å². The van der Waals surface area contributed by atoms with Crippen LogP contribution in [0.1, 0.15) is 11.4 Å². The van der Waals surface area contributed by atoms with E-state index in [1.165, 1.54) is 16.2 Å². The summed E-state index contributed by atoms with van der Waals surface area (Å²) in [6, 6.07) is 3.84. The second-order valence-electron chi connectivity index (χ2n) is 3.29. The average molecular weight is 310 g/mol. The van der Waals surface area contributed by atoms with Gasteiger partial charge in [0.2, 0.25) is 5.13 Å². The molecule has 2 heterocycles. The van der Waals surface area contributed by atoms with Crippen molar-refractivity contribution in [2.75, 3.05) is 4.90 Å². The average Bonchev–Trinajstić information content (AvgIpc) is 2.84. The molecule has 0 unspecified atom stereocenters. The molecule has 0 N–H and O–H groups in total. The van der Waals surface area contributed by atoms with E-state index in [9.17, 15) is 0 Å². The molecule has 2 aromatic heterocycles. The fourth-order valence-corrected chi connectivity index (χ4v) is 2.15. The van der Waals surface area contributed by atoms with E-state index in [2.05, 4.69) is 37.3 Å². The quantitative estimate of drug-likeness (QED) is 0.644. The van der Waals surface area contributed by atoms with Gasteiger partial charge in [-0.05, 0) is 35.0 Å². The van der Waals surface area contributed by atoms with Crippen molar-refractivity contribution in [3.63, 3.8) is 0 Å². The summed E-state index contributed by atoms with van der Waals surface area (Å²) in [6.07, 6.45) is 2.08. The molecular formula is C10H8BrN5S. The lowest BCUT2D eigenvalue weighted by atomic mass is 10.3. The van der Waals surface area contributed by atoms with Gasteiger partial charge in [-0.3, -0.25) is 4.98 Å². The second-order valence-corrected chi connectivity index (χ2v) is 4.95. The summed E-state index contributed by atoms with van der Waals surface area (Å²) in [5.74, 6) is 0. The van der Waals surface area contributed by atoms with Crippen molar-refractivity contribution in [1.82, 2.24) is 15.2 Å². The molecule has 0 aliphatic heterocycles. The highest BCUT2D eigenvalue weighted by Gasteiger charge is 2.12. The van der Waals surface area contributed by atoms with E-state index >= 15 is 0 Å². The highest BCUT2D eigenvalue weighted by atomic mass is 79.9. The van der Waals surface area contributed by atoms with Gasteiger partial charge in [0.1, 0.15) is 5.51 Å². The van der Waals surface area contributed by atoms with E-state index in [-0.39, 0.29) is 0 Å². The van der Waals surface area contributed by atoms with Gasteiger partial charge in [-0.25, -0.2) is 4.90 Å². The molecular weight excluding hydrogens is 302 g/mol. The van der Waals surface area contributed by atoms with Crippen LogP contribution < -0.4 is 4.90 Å².